The molecule has 0 radical (unpaired) electrons. The number of rotatable bonds is 4. The molecular weight excluding hydrogens is 290 g/mol. The quantitative estimate of drug-likeness (QED) is 0.315. The number of nitrogens with one attached hydrogen (secondary N) is 1. The van der Waals surface area contributed by atoms with Gasteiger partial charge in [0.05, 0.1) is 0 Å². The van der Waals surface area contributed by atoms with Crippen LogP contribution in [0.15, 0.2) is 5.16 Å². The summed E-state index contributed by atoms with van der Waals surface area (Å²) in [7, 11) is 0. The van der Waals surface area contributed by atoms with Crippen molar-refractivity contribution in [1.29, 1.82) is 0 Å². The van der Waals surface area contributed by atoms with Crippen molar-refractivity contribution < 1.29 is 14.7 Å². The van der Waals surface area contributed by atoms with Crippen LogP contribution in [0.5, 0.6) is 0 Å². The van der Waals surface area contributed by atoms with E-state index < -0.39 is 5.41 Å². The standard InChI is InChI=1S/C14H25N3O3S/c1-21-11-4-2-10(3-5-11)16-13(18)14(12(15)17-19)6-8-20-9-7-14/h10-11,19H,2-9H2,1H3,(H2,15,17)(H,16,18). The van der Waals surface area contributed by atoms with Crippen molar-refractivity contribution in [2.45, 2.75) is 49.8 Å². The number of nitrogens with zero attached hydrogens (tertiary/aromatic N) is 1. The van der Waals surface area contributed by atoms with E-state index in [1.54, 1.807) is 0 Å². The van der Waals surface area contributed by atoms with Gasteiger partial charge in [0.1, 0.15) is 5.41 Å². The molecule has 0 spiro atoms. The van der Waals surface area contributed by atoms with Crippen molar-refractivity contribution in [3.63, 3.8) is 0 Å². The molecule has 2 aliphatic rings. The van der Waals surface area contributed by atoms with E-state index in [4.69, 9.17) is 15.7 Å². The molecule has 1 aliphatic carbocycles. The number of hydrogen-bond acceptors (Lipinski definition) is 5. The number of carbonyl (C=O) groups is 1. The molecular formula is C14H25N3O3S. The summed E-state index contributed by atoms with van der Waals surface area (Å²) in [6.07, 6.45) is 7.33. The summed E-state index contributed by atoms with van der Waals surface area (Å²) >= 11 is 1.90. The smallest absolute Gasteiger partial charge is 0.234 e. The van der Waals surface area contributed by atoms with Crippen LogP contribution in [0.3, 0.4) is 0 Å². The van der Waals surface area contributed by atoms with Gasteiger partial charge in [0.2, 0.25) is 5.91 Å². The Morgan fingerprint density at radius 3 is 2.48 bits per heavy atom. The van der Waals surface area contributed by atoms with E-state index in [-0.39, 0.29) is 17.8 Å². The Kier molecular flexibility index (Phi) is 5.75. The van der Waals surface area contributed by atoms with E-state index in [9.17, 15) is 4.79 Å². The van der Waals surface area contributed by atoms with Gasteiger partial charge in [-0.25, -0.2) is 0 Å². The van der Waals surface area contributed by atoms with Gasteiger partial charge in [0.25, 0.3) is 0 Å². The Bertz CT molecular complexity index is 389. The van der Waals surface area contributed by atoms with Crippen molar-refractivity contribution in [2.75, 3.05) is 19.5 Å². The third-order valence-electron chi connectivity index (χ3n) is 4.72. The highest BCUT2D eigenvalue weighted by molar-refractivity contribution is 7.99. The van der Waals surface area contributed by atoms with Crippen LogP contribution < -0.4 is 11.1 Å². The zero-order valence-electron chi connectivity index (χ0n) is 12.5. The van der Waals surface area contributed by atoms with Crippen LogP contribution in [0.2, 0.25) is 0 Å². The number of amides is 1. The summed E-state index contributed by atoms with van der Waals surface area (Å²) in [5.41, 5.74) is 4.90. The number of nitrogens with two attached hydrogens (primary N) is 1. The Balaban J connectivity index is 1.99. The van der Waals surface area contributed by atoms with Crippen molar-refractivity contribution in [1.82, 2.24) is 5.32 Å². The first-order valence-electron chi connectivity index (χ1n) is 7.52. The second-order valence-corrected chi connectivity index (χ2v) is 7.00. The minimum absolute atomic E-state index is 0.00102. The Morgan fingerprint density at radius 1 is 1.33 bits per heavy atom. The molecule has 0 aromatic carbocycles. The molecule has 1 saturated carbocycles. The Morgan fingerprint density at radius 2 is 1.95 bits per heavy atom. The molecule has 1 saturated heterocycles. The zero-order chi connectivity index (χ0) is 15.3. The van der Waals surface area contributed by atoms with E-state index in [1.165, 1.54) is 0 Å². The van der Waals surface area contributed by atoms with Crippen LogP contribution in [0.25, 0.3) is 0 Å². The SMILES string of the molecule is CSC1CCC(NC(=O)C2(C(N)=NO)CCOCC2)CC1. The van der Waals surface area contributed by atoms with Gasteiger partial charge < -0.3 is 21.0 Å². The maximum atomic E-state index is 12.7. The molecule has 120 valence electrons. The van der Waals surface area contributed by atoms with Gasteiger partial charge in [0, 0.05) is 24.5 Å². The lowest BCUT2D eigenvalue weighted by Crippen LogP contribution is -2.55. The minimum Gasteiger partial charge on any atom is -0.409 e. The number of hydrogen-bond donors (Lipinski definition) is 3. The Hall–Kier alpha value is -0.950. The van der Waals surface area contributed by atoms with Crippen molar-refractivity contribution >= 4 is 23.5 Å². The fraction of sp³-hybridized carbons (Fsp3) is 0.857. The van der Waals surface area contributed by atoms with Crippen LogP contribution in [0, 0.1) is 5.41 Å². The van der Waals surface area contributed by atoms with Crippen molar-refractivity contribution in [3.8, 4) is 0 Å². The average molecular weight is 315 g/mol. The molecule has 1 amide bonds. The number of amidine groups is 1. The molecule has 2 rings (SSSR count). The minimum atomic E-state index is -0.913. The number of carbonyl (C=O) groups excluding carboxylic acids is 1. The number of oxime groups is 1. The first-order chi connectivity index (χ1) is 10.1. The lowest BCUT2D eigenvalue weighted by atomic mass is 9.77. The molecule has 1 heterocycles. The van der Waals surface area contributed by atoms with Gasteiger partial charge in [-0.3, -0.25) is 4.79 Å². The second-order valence-electron chi connectivity index (χ2n) is 5.86. The first kappa shape index (κ1) is 16.4. The summed E-state index contributed by atoms with van der Waals surface area (Å²) in [5.74, 6) is -0.116. The average Bonchev–Trinajstić information content (AvgIpc) is 2.55. The summed E-state index contributed by atoms with van der Waals surface area (Å²) in [4.78, 5) is 12.7. The van der Waals surface area contributed by atoms with Crippen LogP contribution >= 0.6 is 11.8 Å². The predicted molar refractivity (Wildman–Crippen MR) is 83.6 cm³/mol. The van der Waals surface area contributed by atoms with Gasteiger partial charge in [-0.15, -0.1) is 0 Å². The zero-order valence-corrected chi connectivity index (χ0v) is 13.3. The fourth-order valence-corrected chi connectivity index (χ4v) is 3.93. The largest absolute Gasteiger partial charge is 0.409 e. The molecule has 0 atom stereocenters. The van der Waals surface area contributed by atoms with E-state index in [0.717, 1.165) is 25.7 Å². The second kappa shape index (κ2) is 7.35. The van der Waals surface area contributed by atoms with Gasteiger partial charge in [-0.05, 0) is 44.8 Å². The molecule has 0 bridgehead atoms. The highest BCUT2D eigenvalue weighted by atomic mass is 32.2. The molecule has 4 N–H and O–H groups in total. The highest BCUT2D eigenvalue weighted by Gasteiger charge is 2.45. The summed E-state index contributed by atoms with van der Waals surface area (Å²) in [6, 6.07) is 0.201. The topological polar surface area (TPSA) is 96.9 Å². The van der Waals surface area contributed by atoms with Crippen molar-refractivity contribution in [3.05, 3.63) is 0 Å². The number of thioether (sulfide) groups is 1. The third kappa shape index (κ3) is 3.63. The third-order valence-corrected chi connectivity index (χ3v) is 5.86. The molecule has 0 unspecified atom stereocenters. The molecule has 2 fully saturated rings. The van der Waals surface area contributed by atoms with Crippen molar-refractivity contribution in [2.24, 2.45) is 16.3 Å². The maximum absolute atomic E-state index is 12.7. The van der Waals surface area contributed by atoms with Gasteiger partial charge in [-0.1, -0.05) is 5.16 Å². The molecule has 6 nitrogen and oxygen atoms in total. The van der Waals surface area contributed by atoms with Crippen LogP contribution in [0.1, 0.15) is 38.5 Å². The molecule has 0 aromatic heterocycles. The molecule has 1 aliphatic heterocycles. The van der Waals surface area contributed by atoms with E-state index in [1.807, 2.05) is 11.8 Å². The van der Waals surface area contributed by atoms with Gasteiger partial charge in [0.15, 0.2) is 5.84 Å². The monoisotopic (exact) mass is 315 g/mol. The first-order valence-corrected chi connectivity index (χ1v) is 8.80. The number of ether oxygens (including phenoxy) is 1. The van der Waals surface area contributed by atoms with E-state index in [2.05, 4.69) is 16.7 Å². The van der Waals surface area contributed by atoms with Crippen LogP contribution in [-0.2, 0) is 9.53 Å². The molecule has 0 aromatic rings. The molecule has 21 heavy (non-hydrogen) atoms. The van der Waals surface area contributed by atoms with Gasteiger partial charge >= 0.3 is 0 Å². The lowest BCUT2D eigenvalue weighted by Gasteiger charge is -2.37. The molecule has 7 heteroatoms. The normalized spacial score (nSPS) is 29.9. The fourth-order valence-electron chi connectivity index (χ4n) is 3.18. The highest BCUT2D eigenvalue weighted by Crippen LogP contribution is 2.33. The van der Waals surface area contributed by atoms with E-state index >= 15 is 0 Å². The predicted octanol–water partition coefficient (Wildman–Crippen LogP) is 1.32. The lowest BCUT2D eigenvalue weighted by molar-refractivity contribution is -0.132. The summed E-state index contributed by atoms with van der Waals surface area (Å²) in [6.45, 7) is 0.922. The summed E-state index contributed by atoms with van der Waals surface area (Å²) < 4.78 is 5.31. The summed E-state index contributed by atoms with van der Waals surface area (Å²) in [5, 5.41) is 15.9. The van der Waals surface area contributed by atoms with Crippen LogP contribution in [-0.4, -0.2) is 47.7 Å². The maximum Gasteiger partial charge on any atom is 0.234 e. The van der Waals surface area contributed by atoms with Crippen LogP contribution in [0.4, 0.5) is 0 Å². The van der Waals surface area contributed by atoms with E-state index in [0.29, 0.717) is 31.3 Å². The van der Waals surface area contributed by atoms with Gasteiger partial charge in [-0.2, -0.15) is 11.8 Å². The Labute approximate surface area is 129 Å².